The van der Waals surface area contributed by atoms with E-state index in [0.717, 1.165) is 62.4 Å². The van der Waals surface area contributed by atoms with Gasteiger partial charge in [-0.2, -0.15) is 0 Å². The van der Waals surface area contributed by atoms with Crippen molar-refractivity contribution in [3.05, 3.63) is 69.4 Å². The van der Waals surface area contributed by atoms with Crippen molar-refractivity contribution >= 4 is 11.9 Å². The number of aliphatic hydroxyl groups is 1. The average molecular weight is 716 g/mol. The van der Waals surface area contributed by atoms with Crippen LogP contribution in [0.4, 0.5) is 0 Å². The van der Waals surface area contributed by atoms with Gasteiger partial charge in [0.1, 0.15) is 34.0 Å². The van der Waals surface area contributed by atoms with Crippen molar-refractivity contribution in [2.45, 2.75) is 110 Å². The third kappa shape index (κ3) is 6.52. The van der Waals surface area contributed by atoms with E-state index in [1.807, 2.05) is 6.08 Å². The van der Waals surface area contributed by atoms with Crippen molar-refractivity contribution in [3.63, 3.8) is 0 Å². The number of carbonyl (C=O) groups is 1. The van der Waals surface area contributed by atoms with Gasteiger partial charge in [-0.25, -0.2) is 0 Å². The summed E-state index contributed by atoms with van der Waals surface area (Å²) in [5, 5.41) is 12.3. The minimum atomic E-state index is -1.25. The Morgan fingerprint density at radius 2 is 1.75 bits per heavy atom. The van der Waals surface area contributed by atoms with Crippen molar-refractivity contribution in [3.8, 4) is 17.2 Å². The van der Waals surface area contributed by atoms with Gasteiger partial charge in [0.25, 0.3) is 0 Å². The molecule has 1 unspecified atom stereocenters. The van der Waals surface area contributed by atoms with Gasteiger partial charge < -0.3 is 28.8 Å². The monoisotopic (exact) mass is 715 g/mol. The number of hydrogen-bond acceptors (Lipinski definition) is 8. The summed E-state index contributed by atoms with van der Waals surface area (Å²) in [6.45, 7) is 21.1. The van der Waals surface area contributed by atoms with Crippen molar-refractivity contribution in [1.82, 2.24) is 4.90 Å². The number of morpholine rings is 1. The molecule has 2 bridgehead atoms. The number of carbonyl (C=O) groups excluding carboxylic acids is 1. The second kappa shape index (κ2) is 14.9. The van der Waals surface area contributed by atoms with Crippen LogP contribution in [0.15, 0.2) is 52.7 Å². The lowest BCUT2D eigenvalue weighted by molar-refractivity contribution is -0.255. The summed E-state index contributed by atoms with van der Waals surface area (Å²) in [6, 6.07) is 0. The number of hydrogen-bond donors (Lipinski definition) is 1. The Morgan fingerprint density at radius 1 is 1.04 bits per heavy atom. The molecule has 3 aliphatic heterocycles. The zero-order chi connectivity index (χ0) is 37.6. The Morgan fingerprint density at radius 3 is 2.38 bits per heavy atom. The fourth-order valence-electron chi connectivity index (χ4n) is 9.38. The Kier molecular flexibility index (Phi) is 11.1. The second-order valence-corrected chi connectivity index (χ2v) is 16.7. The van der Waals surface area contributed by atoms with Crippen LogP contribution in [0.1, 0.15) is 103 Å². The van der Waals surface area contributed by atoms with E-state index in [0.29, 0.717) is 47.6 Å². The molecule has 7 rings (SSSR count). The molecule has 52 heavy (non-hydrogen) atoms. The standard InChI is InChI=1S/C44H61NO7/c1-27(2)12-11-17-42(8)18-16-33-38(51-42)32(14-13-28(3)4)40-36(39(33)48-9)37(46)35-25-31-24-34(29(5)6)44(35,52-40)43(49-10,41(31)47)19-15-30(7)26-45-20-22-50-23-21-45/h12-13,15-16,18,25,29,31,34,41,47H,11,14,17,19-24,26H2,1-10H3/b30-15-/t31-,34-,41-,42+,43-,44?/m0/s1. The number of benzene rings is 1. The predicted octanol–water partition coefficient (Wildman–Crippen LogP) is 8.08. The number of ether oxygens (including phenoxy) is 5. The Balaban J connectivity index is 1.55. The van der Waals surface area contributed by atoms with E-state index >= 15 is 4.79 Å². The summed E-state index contributed by atoms with van der Waals surface area (Å²) < 4.78 is 33.0. The first-order valence-corrected chi connectivity index (χ1v) is 19.3. The molecule has 1 saturated carbocycles. The first-order valence-electron chi connectivity index (χ1n) is 19.3. The number of ketones is 1. The van der Waals surface area contributed by atoms with E-state index in [1.54, 1.807) is 14.2 Å². The molecule has 1 aromatic rings. The average Bonchev–Trinajstić information content (AvgIpc) is 3.10. The summed E-state index contributed by atoms with van der Waals surface area (Å²) >= 11 is 0. The number of fused-ring (bicyclic) bond motifs is 4. The van der Waals surface area contributed by atoms with Crippen LogP contribution in [-0.4, -0.2) is 85.8 Å². The summed E-state index contributed by atoms with van der Waals surface area (Å²) in [7, 11) is 3.29. The lowest BCUT2D eigenvalue weighted by Gasteiger charge is -2.65. The summed E-state index contributed by atoms with van der Waals surface area (Å²) in [6.07, 6.45) is 15.1. The molecular formula is C44H61NO7. The topological polar surface area (TPSA) is 86.7 Å². The number of nitrogens with zero attached hydrogens (tertiary/aromatic N) is 1. The van der Waals surface area contributed by atoms with Crippen molar-refractivity contribution in [2.75, 3.05) is 47.1 Å². The number of Topliss-reactive ketones (excluding diaryl/α,β-unsaturated/α-hetero) is 1. The quantitative estimate of drug-likeness (QED) is 0.218. The number of rotatable bonds is 12. The lowest BCUT2D eigenvalue weighted by Crippen LogP contribution is -2.77. The molecule has 1 aromatic carbocycles. The van der Waals surface area contributed by atoms with Crippen molar-refractivity contribution in [1.29, 1.82) is 0 Å². The van der Waals surface area contributed by atoms with Gasteiger partial charge in [0.15, 0.2) is 11.4 Å². The molecule has 8 heteroatoms. The van der Waals surface area contributed by atoms with Crippen LogP contribution in [0, 0.1) is 17.8 Å². The van der Waals surface area contributed by atoms with Gasteiger partial charge in [-0.15, -0.1) is 0 Å². The SMILES string of the molecule is COc1c2c(c(CC=C(C)C)c3c1C(=O)C1=C[C@@H]4C[C@@H](C(C)C)C1(O3)[C@@](C/C=C(/C)CN1CCOCC1)(OC)[C@H]4O)O[C@](C)(CCC=C(C)C)C=C2. The fourth-order valence-corrected chi connectivity index (χ4v) is 9.38. The highest BCUT2D eigenvalue weighted by Gasteiger charge is 2.73. The molecule has 1 N–H and O–H groups in total. The van der Waals surface area contributed by atoms with Crippen LogP contribution in [-0.2, 0) is 15.9 Å². The maximum absolute atomic E-state index is 15.3. The predicted molar refractivity (Wildman–Crippen MR) is 206 cm³/mol. The van der Waals surface area contributed by atoms with Crippen LogP contribution >= 0.6 is 0 Å². The Bertz CT molecular complexity index is 1700. The molecule has 0 aromatic heterocycles. The maximum atomic E-state index is 15.3. The highest BCUT2D eigenvalue weighted by Crippen LogP contribution is 2.64. The van der Waals surface area contributed by atoms with E-state index in [1.165, 1.54) is 11.1 Å². The van der Waals surface area contributed by atoms with Gasteiger partial charge in [0.05, 0.1) is 32.0 Å². The molecule has 1 spiro atoms. The smallest absolute Gasteiger partial charge is 0.200 e. The Hall–Kier alpha value is -3.17. The molecule has 0 amide bonds. The van der Waals surface area contributed by atoms with Crippen LogP contribution in [0.25, 0.3) is 6.08 Å². The molecule has 6 atom stereocenters. The normalized spacial score (nSPS) is 30.8. The number of allylic oxidation sites excluding steroid dienone is 4. The maximum Gasteiger partial charge on any atom is 0.200 e. The first-order chi connectivity index (χ1) is 24.7. The van der Waals surface area contributed by atoms with Gasteiger partial charge in [0.2, 0.25) is 0 Å². The molecule has 2 fully saturated rings. The highest BCUT2D eigenvalue weighted by molar-refractivity contribution is 6.16. The fraction of sp³-hybridized carbons (Fsp3) is 0.614. The number of aliphatic hydroxyl groups excluding tert-OH is 1. The van der Waals surface area contributed by atoms with Gasteiger partial charge in [-0.3, -0.25) is 9.69 Å². The molecule has 3 aliphatic carbocycles. The van der Waals surface area contributed by atoms with Crippen molar-refractivity contribution < 1.29 is 33.6 Å². The summed E-state index contributed by atoms with van der Waals surface area (Å²) in [5.41, 5.74) is 3.14. The Labute approximate surface area is 311 Å². The first kappa shape index (κ1) is 38.6. The van der Waals surface area contributed by atoms with Crippen LogP contribution in [0.5, 0.6) is 17.2 Å². The molecule has 0 radical (unpaired) electrons. The molecule has 3 heterocycles. The third-order valence-corrected chi connectivity index (χ3v) is 12.1. The molecular weight excluding hydrogens is 654 g/mol. The van der Waals surface area contributed by atoms with Gasteiger partial charge >= 0.3 is 0 Å². The van der Waals surface area contributed by atoms with E-state index in [2.05, 4.69) is 90.7 Å². The summed E-state index contributed by atoms with van der Waals surface area (Å²) in [4.78, 5) is 17.7. The zero-order valence-electron chi connectivity index (χ0n) is 33.2. The minimum absolute atomic E-state index is 0.0978. The zero-order valence-corrected chi connectivity index (χ0v) is 33.2. The van der Waals surface area contributed by atoms with E-state index in [-0.39, 0.29) is 23.5 Å². The van der Waals surface area contributed by atoms with E-state index in [9.17, 15) is 5.11 Å². The minimum Gasteiger partial charge on any atom is -0.495 e. The van der Waals surface area contributed by atoms with E-state index in [4.69, 9.17) is 23.7 Å². The molecule has 8 nitrogen and oxygen atoms in total. The van der Waals surface area contributed by atoms with Gasteiger partial charge in [-0.1, -0.05) is 54.9 Å². The third-order valence-electron chi connectivity index (χ3n) is 12.1. The second-order valence-electron chi connectivity index (χ2n) is 16.7. The van der Waals surface area contributed by atoms with Crippen molar-refractivity contribution in [2.24, 2.45) is 17.8 Å². The molecule has 6 aliphatic rings. The van der Waals surface area contributed by atoms with Crippen LogP contribution in [0.2, 0.25) is 0 Å². The van der Waals surface area contributed by atoms with E-state index < -0.39 is 22.9 Å². The van der Waals surface area contributed by atoms with Gasteiger partial charge in [-0.05, 0) is 85.3 Å². The lowest BCUT2D eigenvalue weighted by atomic mass is 9.48. The van der Waals surface area contributed by atoms with Gasteiger partial charge in [0, 0.05) is 56.1 Å². The molecule has 284 valence electrons. The molecule has 1 saturated heterocycles. The summed E-state index contributed by atoms with van der Waals surface area (Å²) in [5.74, 6) is 1.28. The van der Waals surface area contributed by atoms with Crippen LogP contribution < -0.4 is 14.2 Å². The largest absolute Gasteiger partial charge is 0.495 e. The van der Waals surface area contributed by atoms with Crippen LogP contribution in [0.3, 0.4) is 0 Å². The number of methoxy groups -OCH3 is 2. The highest BCUT2D eigenvalue weighted by atomic mass is 16.6.